The Balaban J connectivity index is 1.70. The van der Waals surface area contributed by atoms with Crippen LogP contribution in [0.15, 0.2) is 23.6 Å². The number of hydrogen-bond acceptors (Lipinski definition) is 6. The van der Waals surface area contributed by atoms with E-state index in [1.165, 1.54) is 17.8 Å². The number of benzene rings is 1. The van der Waals surface area contributed by atoms with E-state index in [1.807, 2.05) is 23.1 Å². The van der Waals surface area contributed by atoms with Gasteiger partial charge in [-0.05, 0) is 31.4 Å². The number of carbonyl (C=O) groups excluding carboxylic acids is 1. The Kier molecular flexibility index (Phi) is 5.20. The molecule has 6 nitrogen and oxygen atoms in total. The minimum absolute atomic E-state index is 0.0197. The fourth-order valence-electron chi connectivity index (χ4n) is 2.73. The minimum atomic E-state index is 0.0197. The molecule has 1 aromatic carbocycles. The Hall–Kier alpha value is -2.28. The van der Waals surface area contributed by atoms with Crippen molar-refractivity contribution in [2.24, 2.45) is 0 Å². The van der Waals surface area contributed by atoms with E-state index in [0.29, 0.717) is 22.3 Å². The van der Waals surface area contributed by atoms with E-state index in [9.17, 15) is 4.79 Å². The molecule has 1 amide bonds. The molecule has 24 heavy (non-hydrogen) atoms. The Labute approximate surface area is 145 Å². The van der Waals surface area contributed by atoms with Gasteiger partial charge in [-0.2, -0.15) is 0 Å². The molecule has 0 aliphatic carbocycles. The van der Waals surface area contributed by atoms with Gasteiger partial charge >= 0.3 is 0 Å². The van der Waals surface area contributed by atoms with Gasteiger partial charge in [-0.1, -0.05) is 0 Å². The highest BCUT2D eigenvalue weighted by Gasteiger charge is 2.20. The lowest BCUT2D eigenvalue weighted by Crippen LogP contribution is -2.35. The zero-order valence-electron chi connectivity index (χ0n) is 13.9. The monoisotopic (exact) mass is 347 g/mol. The summed E-state index contributed by atoms with van der Waals surface area (Å²) < 4.78 is 10.5. The van der Waals surface area contributed by atoms with Crippen molar-refractivity contribution in [1.82, 2.24) is 9.88 Å². The maximum absolute atomic E-state index is 12.5. The number of piperidine rings is 1. The molecule has 0 atom stereocenters. The molecule has 0 spiro atoms. The SMILES string of the molecule is COc1ccc(Nc2nc(C(=O)N3CCCCC3)cs2)cc1OC. The highest BCUT2D eigenvalue weighted by Crippen LogP contribution is 2.31. The highest BCUT2D eigenvalue weighted by molar-refractivity contribution is 7.14. The second-order valence-electron chi connectivity index (χ2n) is 5.59. The van der Waals surface area contributed by atoms with E-state index in [4.69, 9.17) is 9.47 Å². The number of thiazole rings is 1. The Bertz CT molecular complexity index is 711. The van der Waals surface area contributed by atoms with Crippen molar-refractivity contribution in [3.63, 3.8) is 0 Å². The average molecular weight is 347 g/mol. The van der Waals surface area contributed by atoms with E-state index in [2.05, 4.69) is 10.3 Å². The molecule has 1 aromatic heterocycles. The lowest BCUT2D eigenvalue weighted by molar-refractivity contribution is 0.0719. The summed E-state index contributed by atoms with van der Waals surface area (Å²) >= 11 is 1.42. The maximum Gasteiger partial charge on any atom is 0.273 e. The summed E-state index contributed by atoms with van der Waals surface area (Å²) in [6.07, 6.45) is 3.35. The zero-order chi connectivity index (χ0) is 16.9. The number of hydrogen-bond donors (Lipinski definition) is 1. The Morgan fingerprint density at radius 2 is 1.92 bits per heavy atom. The van der Waals surface area contributed by atoms with Crippen LogP contribution in [0.5, 0.6) is 11.5 Å². The van der Waals surface area contributed by atoms with Gasteiger partial charge in [0.2, 0.25) is 0 Å². The highest BCUT2D eigenvalue weighted by atomic mass is 32.1. The summed E-state index contributed by atoms with van der Waals surface area (Å²) in [7, 11) is 3.20. The van der Waals surface area contributed by atoms with Crippen LogP contribution in [0.4, 0.5) is 10.8 Å². The molecular formula is C17H21N3O3S. The molecule has 0 unspecified atom stereocenters. The summed E-state index contributed by atoms with van der Waals surface area (Å²) in [5.74, 6) is 1.33. The molecule has 1 saturated heterocycles. The van der Waals surface area contributed by atoms with Gasteiger partial charge in [-0.25, -0.2) is 4.98 Å². The maximum atomic E-state index is 12.5. The molecule has 128 valence electrons. The molecule has 0 saturated carbocycles. The van der Waals surface area contributed by atoms with Crippen LogP contribution >= 0.6 is 11.3 Å². The smallest absolute Gasteiger partial charge is 0.273 e. The third-order valence-corrected chi connectivity index (χ3v) is 4.76. The molecule has 0 radical (unpaired) electrons. The topological polar surface area (TPSA) is 63.7 Å². The van der Waals surface area contributed by atoms with Crippen molar-refractivity contribution < 1.29 is 14.3 Å². The summed E-state index contributed by atoms with van der Waals surface area (Å²) in [5, 5.41) is 5.70. The van der Waals surface area contributed by atoms with Crippen LogP contribution in [0.1, 0.15) is 29.8 Å². The standard InChI is InChI=1S/C17H21N3O3S/c1-22-14-7-6-12(10-15(14)23-2)18-17-19-13(11-24-17)16(21)20-8-4-3-5-9-20/h6-7,10-11H,3-5,8-9H2,1-2H3,(H,18,19). The number of ether oxygens (including phenoxy) is 2. The zero-order valence-corrected chi connectivity index (χ0v) is 14.7. The Morgan fingerprint density at radius 1 is 1.17 bits per heavy atom. The third kappa shape index (κ3) is 3.62. The summed E-state index contributed by atoms with van der Waals surface area (Å²) in [6, 6.07) is 5.55. The van der Waals surface area contributed by atoms with Crippen molar-refractivity contribution in [3.8, 4) is 11.5 Å². The molecule has 1 fully saturated rings. The van der Waals surface area contributed by atoms with Crippen LogP contribution in [-0.2, 0) is 0 Å². The third-order valence-electron chi connectivity index (χ3n) is 4.00. The number of aromatic nitrogens is 1. The van der Waals surface area contributed by atoms with Gasteiger partial charge in [0.25, 0.3) is 5.91 Å². The minimum Gasteiger partial charge on any atom is -0.493 e. The lowest BCUT2D eigenvalue weighted by atomic mass is 10.1. The van der Waals surface area contributed by atoms with Crippen molar-refractivity contribution in [2.75, 3.05) is 32.6 Å². The fourth-order valence-corrected chi connectivity index (χ4v) is 3.43. The summed E-state index contributed by atoms with van der Waals surface area (Å²) in [6.45, 7) is 1.66. The van der Waals surface area contributed by atoms with Gasteiger partial charge in [0.1, 0.15) is 5.69 Å². The molecule has 1 N–H and O–H groups in total. The lowest BCUT2D eigenvalue weighted by Gasteiger charge is -2.25. The second kappa shape index (κ2) is 7.53. The van der Waals surface area contributed by atoms with Gasteiger partial charge in [-0.3, -0.25) is 4.79 Å². The number of rotatable bonds is 5. The molecule has 2 heterocycles. The first-order valence-electron chi connectivity index (χ1n) is 7.95. The van der Waals surface area contributed by atoms with Crippen LogP contribution in [0, 0.1) is 0 Å². The van der Waals surface area contributed by atoms with Crippen LogP contribution in [-0.4, -0.2) is 43.1 Å². The predicted octanol–water partition coefficient (Wildman–Crippen LogP) is 3.53. The van der Waals surface area contributed by atoms with Crippen LogP contribution in [0.25, 0.3) is 0 Å². The van der Waals surface area contributed by atoms with E-state index < -0.39 is 0 Å². The fraction of sp³-hybridized carbons (Fsp3) is 0.412. The number of likely N-dealkylation sites (tertiary alicyclic amines) is 1. The number of amides is 1. The van der Waals surface area contributed by atoms with Crippen molar-refractivity contribution in [2.45, 2.75) is 19.3 Å². The van der Waals surface area contributed by atoms with E-state index in [1.54, 1.807) is 19.6 Å². The normalized spacial score (nSPS) is 14.3. The molecule has 2 aromatic rings. The van der Waals surface area contributed by atoms with Crippen molar-refractivity contribution >= 4 is 28.1 Å². The number of nitrogens with zero attached hydrogens (tertiary/aromatic N) is 2. The van der Waals surface area contributed by atoms with Gasteiger partial charge in [0.15, 0.2) is 16.6 Å². The molecule has 1 aliphatic heterocycles. The molecule has 3 rings (SSSR count). The molecule has 1 aliphatic rings. The van der Waals surface area contributed by atoms with E-state index in [-0.39, 0.29) is 5.91 Å². The van der Waals surface area contributed by atoms with Crippen LogP contribution < -0.4 is 14.8 Å². The van der Waals surface area contributed by atoms with E-state index >= 15 is 0 Å². The predicted molar refractivity (Wildman–Crippen MR) is 94.7 cm³/mol. The first-order valence-corrected chi connectivity index (χ1v) is 8.83. The number of methoxy groups -OCH3 is 2. The van der Waals surface area contributed by atoms with Gasteiger partial charge in [-0.15, -0.1) is 11.3 Å². The van der Waals surface area contributed by atoms with Gasteiger partial charge < -0.3 is 19.7 Å². The quantitative estimate of drug-likeness (QED) is 0.896. The first-order chi connectivity index (χ1) is 11.7. The second-order valence-corrected chi connectivity index (χ2v) is 6.44. The number of nitrogens with one attached hydrogen (secondary N) is 1. The average Bonchev–Trinajstić information content (AvgIpc) is 3.10. The van der Waals surface area contributed by atoms with Crippen molar-refractivity contribution in [3.05, 3.63) is 29.3 Å². The number of anilines is 2. The summed E-state index contributed by atoms with van der Waals surface area (Å²) in [4.78, 5) is 18.8. The van der Waals surface area contributed by atoms with Gasteiger partial charge in [0.05, 0.1) is 14.2 Å². The first kappa shape index (κ1) is 16.6. The molecule has 7 heteroatoms. The summed E-state index contributed by atoms with van der Waals surface area (Å²) in [5.41, 5.74) is 1.34. The van der Waals surface area contributed by atoms with Crippen LogP contribution in [0.2, 0.25) is 0 Å². The molecule has 0 bridgehead atoms. The van der Waals surface area contributed by atoms with Gasteiger partial charge in [0, 0.05) is 30.2 Å². The molecular weight excluding hydrogens is 326 g/mol. The van der Waals surface area contributed by atoms with E-state index in [0.717, 1.165) is 31.6 Å². The van der Waals surface area contributed by atoms with Crippen molar-refractivity contribution in [1.29, 1.82) is 0 Å². The largest absolute Gasteiger partial charge is 0.493 e. The Morgan fingerprint density at radius 3 is 2.62 bits per heavy atom. The van der Waals surface area contributed by atoms with Crippen LogP contribution in [0.3, 0.4) is 0 Å². The number of carbonyl (C=O) groups is 1.